The number of rotatable bonds is 0. The first-order valence-corrected chi connectivity index (χ1v) is 2.69. The van der Waals surface area contributed by atoms with Crippen LogP contribution in [0, 0.1) is 0 Å². The summed E-state index contributed by atoms with van der Waals surface area (Å²) in [6.45, 7) is 2.14. The minimum Gasteiger partial charge on any atom is -0.454 e. The van der Waals surface area contributed by atoms with Crippen LogP contribution in [0.3, 0.4) is 0 Å². The molecular formula is C5H7NO3. The minimum atomic E-state index is -0.784. The lowest BCUT2D eigenvalue weighted by Gasteiger charge is -2.17. The largest absolute Gasteiger partial charge is 0.454 e. The summed E-state index contributed by atoms with van der Waals surface area (Å²) >= 11 is 0. The van der Waals surface area contributed by atoms with Gasteiger partial charge in [0.05, 0.1) is 6.54 Å². The highest BCUT2D eigenvalue weighted by Gasteiger charge is 2.23. The lowest BCUT2D eigenvalue weighted by Crippen LogP contribution is -2.45. The van der Waals surface area contributed by atoms with Crippen LogP contribution in [-0.2, 0) is 14.3 Å². The Bertz CT molecular complexity index is 154. The Morgan fingerprint density at radius 3 is 2.78 bits per heavy atom. The van der Waals surface area contributed by atoms with Crippen molar-refractivity contribution in [2.45, 2.75) is 13.0 Å². The Hall–Kier alpha value is -1.06. The summed E-state index contributed by atoms with van der Waals surface area (Å²) in [5, 5.41) is 2.37. The number of esters is 1. The Morgan fingerprint density at radius 2 is 2.33 bits per heavy atom. The quantitative estimate of drug-likeness (QED) is 0.339. The van der Waals surface area contributed by atoms with Gasteiger partial charge in [-0.1, -0.05) is 0 Å². The molecule has 1 rings (SSSR count). The van der Waals surface area contributed by atoms with Crippen LogP contribution in [0.25, 0.3) is 0 Å². The van der Waals surface area contributed by atoms with Gasteiger partial charge in [-0.25, -0.2) is 4.79 Å². The zero-order valence-electron chi connectivity index (χ0n) is 5.01. The number of hydrogen-bond donors (Lipinski definition) is 1. The summed E-state index contributed by atoms with van der Waals surface area (Å²) < 4.78 is 4.55. The maximum atomic E-state index is 10.4. The fraction of sp³-hybridized carbons (Fsp3) is 0.600. The standard InChI is InChI=1S/C5H7NO3/c1-3-2-6-4(7)5(8)9-3/h3H,2H2,1H3,(H,6,7). The molecule has 0 bridgehead atoms. The monoisotopic (exact) mass is 129 g/mol. The number of cyclic esters (lactones) is 1. The Morgan fingerprint density at radius 1 is 1.67 bits per heavy atom. The molecule has 0 saturated carbocycles. The Labute approximate surface area is 52.2 Å². The molecule has 4 nitrogen and oxygen atoms in total. The first-order chi connectivity index (χ1) is 4.20. The molecule has 1 saturated heterocycles. The zero-order chi connectivity index (χ0) is 6.85. The fourth-order valence-corrected chi connectivity index (χ4v) is 0.587. The van der Waals surface area contributed by atoms with Crippen molar-refractivity contribution in [2.75, 3.05) is 6.54 Å². The first-order valence-electron chi connectivity index (χ1n) is 2.69. The van der Waals surface area contributed by atoms with Crippen molar-refractivity contribution < 1.29 is 14.3 Å². The van der Waals surface area contributed by atoms with Gasteiger partial charge in [0.2, 0.25) is 0 Å². The molecular weight excluding hydrogens is 122 g/mol. The van der Waals surface area contributed by atoms with E-state index in [1.807, 2.05) is 0 Å². The summed E-state index contributed by atoms with van der Waals surface area (Å²) in [7, 11) is 0. The number of carbonyl (C=O) groups is 2. The van der Waals surface area contributed by atoms with Crippen molar-refractivity contribution >= 4 is 11.9 Å². The molecule has 1 aliphatic heterocycles. The van der Waals surface area contributed by atoms with Crippen LogP contribution in [0.4, 0.5) is 0 Å². The van der Waals surface area contributed by atoms with E-state index in [4.69, 9.17) is 0 Å². The molecule has 0 aromatic carbocycles. The van der Waals surface area contributed by atoms with Gasteiger partial charge < -0.3 is 10.1 Å². The molecule has 1 amide bonds. The van der Waals surface area contributed by atoms with Crippen LogP contribution in [0.1, 0.15) is 6.92 Å². The highest BCUT2D eigenvalue weighted by molar-refractivity contribution is 6.32. The SMILES string of the molecule is CC1CNC(=O)C(=O)O1. The van der Waals surface area contributed by atoms with Crippen LogP contribution < -0.4 is 5.32 Å². The van der Waals surface area contributed by atoms with E-state index in [1.54, 1.807) is 6.92 Å². The fourth-order valence-electron chi connectivity index (χ4n) is 0.587. The van der Waals surface area contributed by atoms with Crippen molar-refractivity contribution in [1.29, 1.82) is 0 Å². The summed E-state index contributed by atoms with van der Waals surface area (Å²) in [6, 6.07) is 0. The van der Waals surface area contributed by atoms with E-state index in [0.717, 1.165) is 0 Å². The number of amides is 1. The number of ether oxygens (including phenoxy) is 1. The van der Waals surface area contributed by atoms with Crippen LogP contribution in [0.5, 0.6) is 0 Å². The van der Waals surface area contributed by atoms with E-state index in [1.165, 1.54) is 0 Å². The van der Waals surface area contributed by atoms with E-state index in [-0.39, 0.29) is 6.10 Å². The number of hydrogen-bond acceptors (Lipinski definition) is 3. The molecule has 0 aromatic heterocycles. The molecule has 1 fully saturated rings. The topological polar surface area (TPSA) is 55.4 Å². The average Bonchev–Trinajstić information content (AvgIpc) is 1.80. The van der Waals surface area contributed by atoms with Crippen LogP contribution >= 0.6 is 0 Å². The lowest BCUT2D eigenvalue weighted by atomic mass is 10.3. The summed E-state index contributed by atoms with van der Waals surface area (Å²) in [5.41, 5.74) is 0. The molecule has 0 radical (unpaired) electrons. The van der Waals surface area contributed by atoms with Crippen molar-refractivity contribution in [3.63, 3.8) is 0 Å². The van der Waals surface area contributed by atoms with Crippen molar-refractivity contribution in [1.82, 2.24) is 5.32 Å². The number of carbonyl (C=O) groups excluding carboxylic acids is 2. The van der Waals surface area contributed by atoms with Crippen molar-refractivity contribution in [3.05, 3.63) is 0 Å². The average molecular weight is 129 g/mol. The van der Waals surface area contributed by atoms with Gasteiger partial charge in [-0.15, -0.1) is 0 Å². The first kappa shape index (κ1) is 6.07. The van der Waals surface area contributed by atoms with E-state index in [0.29, 0.717) is 6.54 Å². The summed E-state index contributed by atoms with van der Waals surface area (Å²) in [5.74, 6) is -1.43. The molecule has 0 aromatic rings. The van der Waals surface area contributed by atoms with Gasteiger partial charge in [0.15, 0.2) is 0 Å². The second kappa shape index (κ2) is 2.05. The van der Waals surface area contributed by atoms with Crippen molar-refractivity contribution in [2.24, 2.45) is 0 Å². The smallest absolute Gasteiger partial charge is 0.397 e. The van der Waals surface area contributed by atoms with E-state index in [9.17, 15) is 9.59 Å². The Balaban J connectivity index is 2.54. The molecule has 4 heteroatoms. The van der Waals surface area contributed by atoms with Crippen LogP contribution in [-0.4, -0.2) is 24.5 Å². The lowest BCUT2D eigenvalue weighted by molar-refractivity contribution is -0.162. The molecule has 1 aliphatic rings. The molecule has 50 valence electrons. The minimum absolute atomic E-state index is 0.185. The van der Waals surface area contributed by atoms with Crippen LogP contribution in [0.15, 0.2) is 0 Å². The highest BCUT2D eigenvalue weighted by atomic mass is 16.6. The predicted octanol–water partition coefficient (Wildman–Crippen LogP) is -0.952. The van der Waals surface area contributed by atoms with Gasteiger partial charge >= 0.3 is 11.9 Å². The van der Waals surface area contributed by atoms with Gasteiger partial charge in [-0.3, -0.25) is 4.79 Å². The molecule has 1 atom stereocenters. The van der Waals surface area contributed by atoms with Gasteiger partial charge in [-0.2, -0.15) is 0 Å². The maximum Gasteiger partial charge on any atom is 0.397 e. The van der Waals surface area contributed by atoms with Gasteiger partial charge in [0.25, 0.3) is 0 Å². The van der Waals surface area contributed by atoms with Gasteiger partial charge in [-0.05, 0) is 6.92 Å². The molecule has 0 spiro atoms. The Kier molecular flexibility index (Phi) is 1.38. The third-order valence-electron chi connectivity index (χ3n) is 1.04. The third-order valence-corrected chi connectivity index (χ3v) is 1.04. The number of morpholine rings is 1. The molecule has 1 N–H and O–H groups in total. The van der Waals surface area contributed by atoms with E-state index >= 15 is 0 Å². The van der Waals surface area contributed by atoms with E-state index in [2.05, 4.69) is 10.1 Å². The highest BCUT2D eigenvalue weighted by Crippen LogP contribution is 1.94. The molecule has 9 heavy (non-hydrogen) atoms. The third kappa shape index (κ3) is 1.19. The predicted molar refractivity (Wildman–Crippen MR) is 28.6 cm³/mol. The van der Waals surface area contributed by atoms with Crippen LogP contribution in [0.2, 0.25) is 0 Å². The van der Waals surface area contributed by atoms with Gasteiger partial charge in [0, 0.05) is 0 Å². The maximum absolute atomic E-state index is 10.4. The second-order valence-electron chi connectivity index (χ2n) is 1.93. The summed E-state index contributed by atoms with van der Waals surface area (Å²) in [6.07, 6.45) is -0.185. The molecule has 0 aliphatic carbocycles. The summed E-state index contributed by atoms with van der Waals surface area (Å²) in [4.78, 5) is 20.7. The number of nitrogens with one attached hydrogen (secondary N) is 1. The van der Waals surface area contributed by atoms with E-state index < -0.39 is 11.9 Å². The second-order valence-corrected chi connectivity index (χ2v) is 1.93. The normalized spacial score (nSPS) is 27.0. The zero-order valence-corrected chi connectivity index (χ0v) is 5.01. The van der Waals surface area contributed by atoms with Crippen molar-refractivity contribution in [3.8, 4) is 0 Å². The van der Waals surface area contributed by atoms with Gasteiger partial charge in [0.1, 0.15) is 6.10 Å². The molecule has 1 unspecified atom stereocenters. The molecule has 1 heterocycles.